The summed E-state index contributed by atoms with van der Waals surface area (Å²) in [6.07, 6.45) is 5.99. The normalized spacial score (nSPS) is 30.4. The molecule has 2 aliphatic heterocycles. The topological polar surface area (TPSA) is 93.6 Å². The summed E-state index contributed by atoms with van der Waals surface area (Å²) in [4.78, 5) is 12.5. The van der Waals surface area contributed by atoms with Crippen molar-refractivity contribution in [1.29, 1.82) is 0 Å². The molecule has 2 aliphatic rings. The molecular weight excluding hydrogens is 232 g/mol. The summed E-state index contributed by atoms with van der Waals surface area (Å²) in [5.41, 5.74) is 7.35. The molecule has 0 spiro atoms. The van der Waals surface area contributed by atoms with E-state index in [0.29, 0.717) is 11.5 Å². The number of aliphatic hydroxyl groups is 1. The fraction of sp³-hybridized carbons (Fsp3) is 0.583. The zero-order valence-corrected chi connectivity index (χ0v) is 9.99. The van der Waals surface area contributed by atoms with Crippen molar-refractivity contribution >= 4 is 17.7 Å². The number of rotatable bonds is 2. The number of hydrogen-bond donors (Lipinski definition) is 2. The molecule has 0 amide bonds. The van der Waals surface area contributed by atoms with E-state index in [2.05, 4.69) is 15.0 Å². The number of aliphatic hydroxyl groups excluding tert-OH is 1. The zero-order chi connectivity index (χ0) is 12.5. The van der Waals surface area contributed by atoms with E-state index >= 15 is 0 Å². The summed E-state index contributed by atoms with van der Waals surface area (Å²) in [6, 6.07) is 0. The fourth-order valence-electron chi connectivity index (χ4n) is 2.67. The van der Waals surface area contributed by atoms with Gasteiger partial charge >= 0.3 is 0 Å². The maximum absolute atomic E-state index is 9.12. The molecule has 2 unspecified atom stereocenters. The van der Waals surface area contributed by atoms with Crippen LogP contribution in [0.2, 0.25) is 0 Å². The van der Waals surface area contributed by atoms with Crippen LogP contribution in [-0.4, -0.2) is 40.1 Å². The largest absolute Gasteiger partial charge is 0.394 e. The lowest BCUT2D eigenvalue weighted by Crippen LogP contribution is -2.24. The molecule has 96 valence electrons. The summed E-state index contributed by atoms with van der Waals surface area (Å²) in [7, 11) is 0. The highest BCUT2D eigenvalue weighted by molar-refractivity contribution is 5.74. The number of fused-ring (bicyclic) bond motifs is 1. The van der Waals surface area contributed by atoms with Gasteiger partial charge in [-0.2, -0.15) is 0 Å². The van der Waals surface area contributed by atoms with Crippen molar-refractivity contribution in [2.24, 2.45) is 4.99 Å². The molecule has 3 N–H and O–H groups in total. The number of nitrogens with zero attached hydrogens (tertiary/aromatic N) is 3. The Labute approximate surface area is 105 Å². The van der Waals surface area contributed by atoms with Crippen LogP contribution >= 0.6 is 0 Å². The lowest BCUT2D eigenvalue weighted by Gasteiger charge is -2.25. The Balaban J connectivity index is 1.88. The Kier molecular flexibility index (Phi) is 2.97. The fourth-order valence-corrected chi connectivity index (χ4v) is 2.67. The smallest absolute Gasteiger partial charge is 0.153 e. The Morgan fingerprint density at radius 2 is 2.28 bits per heavy atom. The van der Waals surface area contributed by atoms with Gasteiger partial charge in [0.15, 0.2) is 5.82 Å². The van der Waals surface area contributed by atoms with E-state index in [-0.39, 0.29) is 24.7 Å². The van der Waals surface area contributed by atoms with Gasteiger partial charge in [0.1, 0.15) is 12.0 Å². The third-order valence-corrected chi connectivity index (χ3v) is 3.60. The minimum Gasteiger partial charge on any atom is -0.394 e. The molecule has 1 aromatic heterocycles. The molecule has 1 aromatic rings. The summed E-state index contributed by atoms with van der Waals surface area (Å²) in [6.45, 7) is 0.0794. The summed E-state index contributed by atoms with van der Waals surface area (Å²) >= 11 is 0. The number of hydrogen-bond acceptors (Lipinski definition) is 6. The molecule has 3 rings (SSSR count). The van der Waals surface area contributed by atoms with Crippen molar-refractivity contribution in [2.45, 2.75) is 37.4 Å². The quantitative estimate of drug-likeness (QED) is 0.807. The Hall–Kier alpha value is -1.53. The predicted molar refractivity (Wildman–Crippen MR) is 66.9 cm³/mol. The van der Waals surface area contributed by atoms with E-state index < -0.39 is 0 Å². The summed E-state index contributed by atoms with van der Waals surface area (Å²) in [5, 5.41) is 9.12. The second-order valence-electron chi connectivity index (χ2n) is 4.70. The molecule has 3 heterocycles. The SMILES string of the molecule is Nc1ncnc2c1N=CCC2C1CC[C@@H](CO)O1. The van der Waals surface area contributed by atoms with E-state index in [1.54, 1.807) is 0 Å². The maximum atomic E-state index is 9.12. The molecule has 0 radical (unpaired) electrons. The molecule has 1 saturated heterocycles. The van der Waals surface area contributed by atoms with Crippen LogP contribution in [-0.2, 0) is 4.74 Å². The van der Waals surface area contributed by atoms with Crippen molar-refractivity contribution in [1.82, 2.24) is 9.97 Å². The van der Waals surface area contributed by atoms with Crippen LogP contribution < -0.4 is 5.73 Å². The first-order valence-electron chi connectivity index (χ1n) is 6.18. The van der Waals surface area contributed by atoms with E-state index in [0.717, 1.165) is 25.0 Å². The molecule has 6 nitrogen and oxygen atoms in total. The molecule has 6 heteroatoms. The third kappa shape index (κ3) is 1.87. The third-order valence-electron chi connectivity index (χ3n) is 3.60. The molecule has 1 fully saturated rings. The molecule has 18 heavy (non-hydrogen) atoms. The van der Waals surface area contributed by atoms with Gasteiger partial charge in [-0.1, -0.05) is 0 Å². The first-order chi connectivity index (χ1) is 8.79. The van der Waals surface area contributed by atoms with E-state index in [9.17, 15) is 0 Å². The molecule has 0 aliphatic carbocycles. The average molecular weight is 248 g/mol. The maximum Gasteiger partial charge on any atom is 0.153 e. The monoisotopic (exact) mass is 248 g/mol. The Bertz CT molecular complexity index is 477. The lowest BCUT2D eigenvalue weighted by molar-refractivity contribution is 0.000469. The van der Waals surface area contributed by atoms with Crippen molar-refractivity contribution in [3.63, 3.8) is 0 Å². The first kappa shape index (κ1) is 11.6. The van der Waals surface area contributed by atoms with Gasteiger partial charge in [0.05, 0.1) is 24.5 Å². The van der Waals surface area contributed by atoms with Crippen LogP contribution in [0.5, 0.6) is 0 Å². The standard InChI is InChI=1S/C12H16N4O2/c13-12-11-10(15-6-16-12)8(3-4-14-11)9-2-1-7(5-17)18-9/h4,6-9,17H,1-3,5H2,(H2,13,15,16)/t7-,8?,9?/m0/s1. The van der Waals surface area contributed by atoms with E-state index in [4.69, 9.17) is 15.6 Å². The van der Waals surface area contributed by atoms with Crippen LogP contribution in [0.25, 0.3) is 0 Å². The van der Waals surface area contributed by atoms with Gasteiger partial charge in [-0.15, -0.1) is 0 Å². The first-order valence-corrected chi connectivity index (χ1v) is 6.18. The molecule has 0 aromatic carbocycles. The molecule has 0 bridgehead atoms. The van der Waals surface area contributed by atoms with Gasteiger partial charge in [0.2, 0.25) is 0 Å². The van der Waals surface area contributed by atoms with Gasteiger partial charge in [0, 0.05) is 12.1 Å². The van der Waals surface area contributed by atoms with Crippen molar-refractivity contribution < 1.29 is 9.84 Å². The minimum atomic E-state index is -0.0449. The number of nitrogen functional groups attached to an aromatic ring is 1. The van der Waals surface area contributed by atoms with E-state index in [1.165, 1.54) is 6.33 Å². The highest BCUT2D eigenvalue weighted by atomic mass is 16.5. The number of anilines is 1. The highest BCUT2D eigenvalue weighted by Gasteiger charge is 2.35. The van der Waals surface area contributed by atoms with Crippen LogP contribution in [0.3, 0.4) is 0 Å². The Morgan fingerprint density at radius 3 is 3.06 bits per heavy atom. The molecule has 3 atom stereocenters. The van der Waals surface area contributed by atoms with Gasteiger partial charge in [-0.3, -0.25) is 4.99 Å². The van der Waals surface area contributed by atoms with Gasteiger partial charge in [-0.25, -0.2) is 9.97 Å². The predicted octanol–water partition coefficient (Wildman–Crippen LogP) is 0.788. The number of aromatic nitrogens is 2. The molecular formula is C12H16N4O2. The lowest BCUT2D eigenvalue weighted by atomic mass is 9.90. The summed E-state index contributed by atoms with van der Waals surface area (Å²) < 4.78 is 5.83. The number of aliphatic imine (C=N–C) groups is 1. The zero-order valence-electron chi connectivity index (χ0n) is 9.99. The second kappa shape index (κ2) is 4.62. The van der Waals surface area contributed by atoms with Crippen molar-refractivity contribution in [3.8, 4) is 0 Å². The van der Waals surface area contributed by atoms with Gasteiger partial charge < -0.3 is 15.6 Å². The van der Waals surface area contributed by atoms with Crippen LogP contribution in [0, 0.1) is 0 Å². The van der Waals surface area contributed by atoms with Gasteiger partial charge in [-0.05, 0) is 19.3 Å². The van der Waals surface area contributed by atoms with E-state index in [1.807, 2.05) is 6.21 Å². The number of ether oxygens (including phenoxy) is 1. The second-order valence-corrected chi connectivity index (χ2v) is 4.70. The van der Waals surface area contributed by atoms with Crippen LogP contribution in [0.1, 0.15) is 30.9 Å². The van der Waals surface area contributed by atoms with Crippen LogP contribution in [0.4, 0.5) is 11.5 Å². The minimum absolute atomic E-state index is 0.0449. The molecule has 0 saturated carbocycles. The average Bonchev–Trinajstić information content (AvgIpc) is 2.87. The number of nitrogens with two attached hydrogens (primary N) is 1. The highest BCUT2D eigenvalue weighted by Crippen LogP contribution is 2.40. The summed E-state index contributed by atoms with van der Waals surface area (Å²) in [5.74, 6) is 0.581. The van der Waals surface area contributed by atoms with Crippen LogP contribution in [0.15, 0.2) is 11.3 Å². The van der Waals surface area contributed by atoms with Crippen molar-refractivity contribution in [3.05, 3.63) is 12.0 Å². The van der Waals surface area contributed by atoms with Gasteiger partial charge in [0.25, 0.3) is 0 Å². The van der Waals surface area contributed by atoms with Crippen molar-refractivity contribution in [2.75, 3.05) is 12.3 Å². The Morgan fingerprint density at radius 1 is 1.39 bits per heavy atom.